The molecule has 3 amide bonds. The van der Waals surface area contributed by atoms with Gasteiger partial charge in [0, 0.05) is 30.6 Å². The van der Waals surface area contributed by atoms with Crippen LogP contribution in [0.3, 0.4) is 0 Å². The van der Waals surface area contributed by atoms with Crippen LogP contribution in [-0.4, -0.2) is 41.0 Å². The summed E-state index contributed by atoms with van der Waals surface area (Å²) in [5, 5.41) is 0. The molecular weight excluding hydrogens is 372 g/mol. The molecule has 0 bridgehead atoms. The van der Waals surface area contributed by atoms with E-state index in [0.29, 0.717) is 19.0 Å². The number of rotatable bonds is 3. The van der Waals surface area contributed by atoms with Gasteiger partial charge in [0.1, 0.15) is 17.2 Å². The number of likely N-dealkylation sites (tertiary alicyclic amines) is 1. The molecule has 154 valence electrons. The van der Waals surface area contributed by atoms with E-state index in [9.17, 15) is 23.2 Å². The molecule has 2 rings (SSSR count). The highest BCUT2D eigenvalue weighted by atomic mass is 19.1. The molecular formula is C19H25F2N3O4. The maximum absolute atomic E-state index is 13.2. The number of hydrazine groups is 1. The summed E-state index contributed by atoms with van der Waals surface area (Å²) in [7, 11) is 0. The second-order valence-corrected chi connectivity index (χ2v) is 7.69. The van der Waals surface area contributed by atoms with Gasteiger partial charge >= 0.3 is 6.09 Å². The lowest BCUT2D eigenvalue weighted by molar-refractivity contribution is -0.123. The Balaban J connectivity index is 1.91. The van der Waals surface area contributed by atoms with Crippen LogP contribution >= 0.6 is 0 Å². The van der Waals surface area contributed by atoms with Crippen LogP contribution in [0.2, 0.25) is 0 Å². The van der Waals surface area contributed by atoms with Crippen molar-refractivity contribution in [2.24, 2.45) is 0 Å². The van der Waals surface area contributed by atoms with Gasteiger partial charge in [-0.1, -0.05) is 0 Å². The number of benzene rings is 1. The first kappa shape index (κ1) is 21.6. The van der Waals surface area contributed by atoms with Gasteiger partial charge in [0.15, 0.2) is 0 Å². The second kappa shape index (κ2) is 8.99. The Morgan fingerprint density at radius 3 is 2.36 bits per heavy atom. The van der Waals surface area contributed by atoms with E-state index in [4.69, 9.17) is 4.74 Å². The lowest BCUT2D eigenvalue weighted by atomic mass is 9.99. The van der Waals surface area contributed by atoms with Crippen molar-refractivity contribution < 1.29 is 27.9 Å². The van der Waals surface area contributed by atoms with Gasteiger partial charge in [-0.3, -0.25) is 20.4 Å². The summed E-state index contributed by atoms with van der Waals surface area (Å²) in [5.74, 6) is -3.16. The predicted octanol–water partition coefficient (Wildman–Crippen LogP) is 2.91. The third-order valence-electron chi connectivity index (χ3n) is 4.12. The molecule has 1 atom stereocenters. The van der Waals surface area contributed by atoms with Gasteiger partial charge in [-0.05, 0) is 52.2 Å². The quantitative estimate of drug-likeness (QED) is 0.768. The van der Waals surface area contributed by atoms with E-state index < -0.39 is 35.1 Å². The monoisotopic (exact) mass is 397 g/mol. The lowest BCUT2D eigenvalue weighted by Gasteiger charge is -2.36. The van der Waals surface area contributed by atoms with Gasteiger partial charge in [-0.2, -0.15) is 0 Å². The number of carbonyl (C=O) groups excluding carboxylic acids is 3. The fourth-order valence-corrected chi connectivity index (χ4v) is 2.92. The zero-order valence-electron chi connectivity index (χ0n) is 16.2. The van der Waals surface area contributed by atoms with E-state index in [1.165, 1.54) is 4.90 Å². The van der Waals surface area contributed by atoms with E-state index in [1.807, 2.05) is 0 Å². The lowest BCUT2D eigenvalue weighted by Crippen LogP contribution is -2.49. The summed E-state index contributed by atoms with van der Waals surface area (Å²) in [6.07, 6.45) is 1.81. The van der Waals surface area contributed by atoms with Crippen LogP contribution < -0.4 is 10.9 Å². The summed E-state index contributed by atoms with van der Waals surface area (Å²) in [6.45, 7) is 5.78. The largest absolute Gasteiger partial charge is 0.444 e. The summed E-state index contributed by atoms with van der Waals surface area (Å²) in [6, 6.07) is 2.00. The first-order chi connectivity index (χ1) is 13.0. The van der Waals surface area contributed by atoms with E-state index in [2.05, 4.69) is 10.9 Å². The fraction of sp³-hybridized carbons (Fsp3) is 0.526. The number of piperidine rings is 1. The third kappa shape index (κ3) is 6.47. The Morgan fingerprint density at radius 2 is 1.75 bits per heavy atom. The van der Waals surface area contributed by atoms with Crippen LogP contribution in [0.4, 0.5) is 13.6 Å². The van der Waals surface area contributed by atoms with Crippen LogP contribution in [0, 0.1) is 11.6 Å². The van der Waals surface area contributed by atoms with Crippen LogP contribution in [0.5, 0.6) is 0 Å². The fourth-order valence-electron chi connectivity index (χ4n) is 2.92. The van der Waals surface area contributed by atoms with E-state index in [1.54, 1.807) is 20.8 Å². The number of nitrogens with zero attached hydrogens (tertiary/aromatic N) is 1. The minimum absolute atomic E-state index is 0.0307. The zero-order valence-corrected chi connectivity index (χ0v) is 16.2. The summed E-state index contributed by atoms with van der Waals surface area (Å²) in [4.78, 5) is 38.0. The van der Waals surface area contributed by atoms with Crippen molar-refractivity contribution in [3.63, 3.8) is 0 Å². The summed E-state index contributed by atoms with van der Waals surface area (Å²) >= 11 is 0. The van der Waals surface area contributed by atoms with E-state index in [-0.39, 0.29) is 18.0 Å². The Bertz CT molecular complexity index is 729. The van der Waals surface area contributed by atoms with Crippen molar-refractivity contribution in [2.45, 2.75) is 58.1 Å². The number of halogens is 2. The van der Waals surface area contributed by atoms with Gasteiger partial charge in [-0.15, -0.1) is 0 Å². The average molecular weight is 397 g/mol. The Morgan fingerprint density at radius 1 is 1.11 bits per heavy atom. The average Bonchev–Trinajstić information content (AvgIpc) is 2.57. The Labute approximate surface area is 162 Å². The van der Waals surface area contributed by atoms with Crippen molar-refractivity contribution in [1.82, 2.24) is 15.8 Å². The number of hydrogen-bond donors (Lipinski definition) is 2. The minimum Gasteiger partial charge on any atom is -0.444 e. The molecule has 0 spiro atoms. The van der Waals surface area contributed by atoms with Gasteiger partial charge in [0.2, 0.25) is 5.91 Å². The molecule has 1 aliphatic rings. The van der Waals surface area contributed by atoms with Crippen LogP contribution in [0.25, 0.3) is 0 Å². The summed E-state index contributed by atoms with van der Waals surface area (Å²) in [5.41, 5.74) is 3.43. The highest BCUT2D eigenvalue weighted by molar-refractivity contribution is 5.95. The molecule has 28 heavy (non-hydrogen) atoms. The normalized spacial score (nSPS) is 17.0. The van der Waals surface area contributed by atoms with Crippen molar-refractivity contribution in [3.8, 4) is 0 Å². The molecule has 1 fully saturated rings. The predicted molar refractivity (Wildman–Crippen MR) is 97.2 cm³/mol. The van der Waals surface area contributed by atoms with E-state index >= 15 is 0 Å². The topological polar surface area (TPSA) is 87.7 Å². The molecule has 1 aromatic carbocycles. The van der Waals surface area contributed by atoms with Gasteiger partial charge in [-0.25, -0.2) is 13.6 Å². The number of carbonyl (C=O) groups is 3. The minimum atomic E-state index is -0.897. The molecule has 1 heterocycles. The smallest absolute Gasteiger partial charge is 0.410 e. The van der Waals surface area contributed by atoms with Crippen molar-refractivity contribution >= 4 is 17.9 Å². The highest BCUT2D eigenvalue weighted by Crippen LogP contribution is 2.22. The van der Waals surface area contributed by atoms with Crippen LogP contribution in [0.1, 0.15) is 56.8 Å². The number of amides is 3. The first-order valence-corrected chi connectivity index (χ1v) is 9.10. The zero-order chi connectivity index (χ0) is 20.9. The van der Waals surface area contributed by atoms with Gasteiger partial charge < -0.3 is 9.64 Å². The molecule has 7 nitrogen and oxygen atoms in total. The Hall–Kier alpha value is -2.71. The molecule has 1 aromatic rings. The molecule has 1 aliphatic heterocycles. The van der Waals surface area contributed by atoms with Crippen LogP contribution in [-0.2, 0) is 9.53 Å². The molecule has 1 unspecified atom stereocenters. The van der Waals surface area contributed by atoms with Crippen molar-refractivity contribution in [1.29, 1.82) is 0 Å². The Kier molecular flexibility index (Phi) is 6.93. The SMILES string of the molecule is CC(C)(C)OC(=O)N1CCCCC1CC(=O)NNC(=O)c1cc(F)cc(F)c1. The summed E-state index contributed by atoms with van der Waals surface area (Å²) < 4.78 is 31.7. The molecule has 0 aliphatic carbocycles. The highest BCUT2D eigenvalue weighted by Gasteiger charge is 2.31. The second-order valence-electron chi connectivity index (χ2n) is 7.69. The number of nitrogens with one attached hydrogen (secondary N) is 2. The molecule has 9 heteroatoms. The van der Waals surface area contributed by atoms with Crippen LogP contribution in [0.15, 0.2) is 18.2 Å². The van der Waals surface area contributed by atoms with Crippen molar-refractivity contribution in [3.05, 3.63) is 35.4 Å². The molecule has 0 aromatic heterocycles. The first-order valence-electron chi connectivity index (χ1n) is 9.10. The number of ether oxygens (including phenoxy) is 1. The maximum Gasteiger partial charge on any atom is 0.410 e. The van der Waals surface area contributed by atoms with E-state index in [0.717, 1.165) is 25.0 Å². The molecule has 0 saturated carbocycles. The van der Waals surface area contributed by atoms with Crippen molar-refractivity contribution in [2.75, 3.05) is 6.54 Å². The molecule has 2 N–H and O–H groups in total. The number of hydrogen-bond acceptors (Lipinski definition) is 4. The molecule has 0 radical (unpaired) electrons. The molecule has 1 saturated heterocycles. The van der Waals surface area contributed by atoms with Gasteiger partial charge in [0.05, 0.1) is 0 Å². The maximum atomic E-state index is 13.2. The standard InChI is InChI=1S/C19H25F2N3O4/c1-19(2,3)28-18(27)24-7-5-4-6-15(24)11-16(25)22-23-17(26)12-8-13(20)10-14(21)9-12/h8-10,15H,4-7,11H2,1-3H3,(H,22,25)(H,23,26). The third-order valence-corrected chi connectivity index (χ3v) is 4.12. The van der Waals surface area contributed by atoms with Gasteiger partial charge in [0.25, 0.3) is 5.91 Å².